The molecule has 2 aromatic rings. The average molecular weight is 278 g/mol. The molecule has 2 heterocycles. The normalized spacial score (nSPS) is 15.3. The van der Waals surface area contributed by atoms with Crippen molar-refractivity contribution in [1.29, 1.82) is 0 Å². The van der Waals surface area contributed by atoms with Crippen LogP contribution < -0.4 is 10.2 Å². The third kappa shape index (κ3) is 2.49. The number of nitrogens with one attached hydrogen (secondary N) is 1. The molecule has 0 aliphatic heterocycles. The van der Waals surface area contributed by atoms with Gasteiger partial charge in [0.2, 0.25) is 0 Å². The number of hydrogen-bond donors (Lipinski definition) is 1. The molecular weight excluding hydrogens is 256 g/mol. The zero-order chi connectivity index (χ0) is 13.2. The summed E-state index contributed by atoms with van der Waals surface area (Å²) in [6.07, 6.45) is 5.97. The summed E-state index contributed by atoms with van der Waals surface area (Å²) >= 11 is 1.72. The standard InChI is InChI=1S/C14H22N4S/c1-3-7-17(11-5-6-11)13-12(10-15-4-2)18-8-9-19-14(18)16-13/h8-9,11,15H,3-7,10H2,1-2H3. The van der Waals surface area contributed by atoms with E-state index < -0.39 is 0 Å². The van der Waals surface area contributed by atoms with Crippen molar-refractivity contribution in [3.63, 3.8) is 0 Å². The van der Waals surface area contributed by atoms with Gasteiger partial charge in [0.25, 0.3) is 0 Å². The minimum atomic E-state index is 0.727. The number of imidazole rings is 1. The minimum absolute atomic E-state index is 0.727. The number of rotatable bonds is 7. The zero-order valence-electron chi connectivity index (χ0n) is 11.7. The molecule has 0 spiro atoms. The maximum atomic E-state index is 4.87. The van der Waals surface area contributed by atoms with E-state index in [0.29, 0.717) is 0 Å². The van der Waals surface area contributed by atoms with Crippen LogP contribution in [0.3, 0.4) is 0 Å². The lowest BCUT2D eigenvalue weighted by molar-refractivity contribution is 0.691. The van der Waals surface area contributed by atoms with Gasteiger partial charge in [-0.25, -0.2) is 4.98 Å². The van der Waals surface area contributed by atoms with Gasteiger partial charge in [-0.15, -0.1) is 11.3 Å². The fraction of sp³-hybridized carbons (Fsp3) is 0.643. The highest BCUT2D eigenvalue weighted by Crippen LogP contribution is 2.34. The molecule has 0 radical (unpaired) electrons. The first-order valence-electron chi connectivity index (χ1n) is 7.27. The van der Waals surface area contributed by atoms with Crippen molar-refractivity contribution >= 4 is 22.1 Å². The van der Waals surface area contributed by atoms with E-state index in [1.165, 1.54) is 30.8 Å². The SMILES string of the molecule is CCCN(c1nc2sccn2c1CNCC)C1CC1. The molecule has 0 amide bonds. The molecule has 0 bridgehead atoms. The van der Waals surface area contributed by atoms with Gasteiger partial charge >= 0.3 is 0 Å². The Hall–Kier alpha value is -1.07. The Labute approximate surface area is 118 Å². The third-order valence-electron chi connectivity index (χ3n) is 3.61. The zero-order valence-corrected chi connectivity index (χ0v) is 12.5. The second-order valence-corrected chi connectivity index (χ2v) is 6.02. The highest BCUT2D eigenvalue weighted by atomic mass is 32.1. The van der Waals surface area contributed by atoms with Crippen LogP contribution in [0.1, 0.15) is 38.8 Å². The van der Waals surface area contributed by atoms with Crippen LogP contribution in [0.15, 0.2) is 11.6 Å². The van der Waals surface area contributed by atoms with Crippen molar-refractivity contribution in [2.45, 2.75) is 45.7 Å². The molecule has 5 heteroatoms. The van der Waals surface area contributed by atoms with Gasteiger partial charge in [-0.05, 0) is 25.8 Å². The van der Waals surface area contributed by atoms with E-state index in [4.69, 9.17) is 4.98 Å². The molecule has 0 aromatic carbocycles. The Kier molecular flexibility index (Phi) is 3.75. The van der Waals surface area contributed by atoms with Crippen molar-refractivity contribution in [2.24, 2.45) is 0 Å². The van der Waals surface area contributed by atoms with E-state index in [9.17, 15) is 0 Å². The van der Waals surface area contributed by atoms with Crippen LogP contribution >= 0.6 is 11.3 Å². The van der Waals surface area contributed by atoms with Crippen molar-refractivity contribution in [3.8, 4) is 0 Å². The predicted molar refractivity (Wildman–Crippen MR) is 81.1 cm³/mol. The molecule has 1 aliphatic carbocycles. The molecular formula is C14H22N4S. The molecule has 1 saturated carbocycles. The summed E-state index contributed by atoms with van der Waals surface area (Å²) in [5.41, 5.74) is 1.32. The summed E-state index contributed by atoms with van der Waals surface area (Å²) < 4.78 is 2.24. The lowest BCUT2D eigenvalue weighted by Crippen LogP contribution is -2.28. The summed E-state index contributed by atoms with van der Waals surface area (Å²) in [6, 6.07) is 0.727. The van der Waals surface area contributed by atoms with Gasteiger partial charge in [-0.1, -0.05) is 13.8 Å². The summed E-state index contributed by atoms with van der Waals surface area (Å²) in [7, 11) is 0. The molecule has 0 saturated heterocycles. The molecule has 2 aromatic heterocycles. The van der Waals surface area contributed by atoms with E-state index >= 15 is 0 Å². The number of hydrogen-bond acceptors (Lipinski definition) is 4. The molecule has 0 unspecified atom stereocenters. The number of anilines is 1. The second-order valence-electron chi connectivity index (χ2n) is 5.14. The molecule has 3 rings (SSSR count). The van der Waals surface area contributed by atoms with Crippen LogP contribution in [-0.2, 0) is 6.54 Å². The summed E-state index contributed by atoms with van der Waals surface area (Å²) in [6.45, 7) is 7.41. The Morgan fingerprint density at radius 3 is 3.00 bits per heavy atom. The third-order valence-corrected chi connectivity index (χ3v) is 4.36. The van der Waals surface area contributed by atoms with Gasteiger partial charge in [0.15, 0.2) is 10.8 Å². The van der Waals surface area contributed by atoms with Crippen molar-refractivity contribution in [2.75, 3.05) is 18.0 Å². The van der Waals surface area contributed by atoms with E-state index in [1.807, 2.05) is 0 Å². The second kappa shape index (κ2) is 5.51. The summed E-state index contributed by atoms with van der Waals surface area (Å²) in [5.74, 6) is 1.21. The lowest BCUT2D eigenvalue weighted by Gasteiger charge is -2.23. The fourth-order valence-electron chi connectivity index (χ4n) is 2.55. The van der Waals surface area contributed by atoms with E-state index in [1.54, 1.807) is 11.3 Å². The highest BCUT2D eigenvalue weighted by Gasteiger charge is 2.32. The van der Waals surface area contributed by atoms with E-state index in [-0.39, 0.29) is 0 Å². The topological polar surface area (TPSA) is 32.6 Å². The highest BCUT2D eigenvalue weighted by molar-refractivity contribution is 7.15. The van der Waals surface area contributed by atoms with Crippen LogP contribution in [0.4, 0.5) is 5.82 Å². The maximum absolute atomic E-state index is 4.87. The lowest BCUT2D eigenvalue weighted by atomic mass is 10.3. The van der Waals surface area contributed by atoms with Gasteiger partial charge in [0, 0.05) is 30.7 Å². The molecule has 19 heavy (non-hydrogen) atoms. The fourth-order valence-corrected chi connectivity index (χ4v) is 3.28. The smallest absolute Gasteiger partial charge is 0.195 e. The first-order valence-corrected chi connectivity index (χ1v) is 8.14. The Bertz CT molecular complexity index is 541. The van der Waals surface area contributed by atoms with Crippen molar-refractivity contribution in [3.05, 3.63) is 17.3 Å². The Morgan fingerprint density at radius 1 is 1.47 bits per heavy atom. The van der Waals surface area contributed by atoms with Gasteiger partial charge < -0.3 is 10.2 Å². The first-order chi connectivity index (χ1) is 9.35. The van der Waals surface area contributed by atoms with Crippen LogP contribution in [-0.4, -0.2) is 28.5 Å². The Morgan fingerprint density at radius 2 is 2.32 bits per heavy atom. The molecule has 1 aliphatic rings. The van der Waals surface area contributed by atoms with E-state index in [2.05, 4.69) is 40.0 Å². The largest absolute Gasteiger partial charge is 0.352 e. The molecule has 104 valence electrons. The number of aromatic nitrogens is 2. The minimum Gasteiger partial charge on any atom is -0.352 e. The quantitative estimate of drug-likeness (QED) is 0.845. The van der Waals surface area contributed by atoms with Crippen LogP contribution in [0.5, 0.6) is 0 Å². The Balaban J connectivity index is 1.97. The first kappa shape index (κ1) is 12.9. The molecule has 1 N–H and O–H groups in total. The van der Waals surface area contributed by atoms with Crippen LogP contribution in [0.2, 0.25) is 0 Å². The van der Waals surface area contributed by atoms with Crippen LogP contribution in [0, 0.1) is 0 Å². The molecule has 0 atom stereocenters. The van der Waals surface area contributed by atoms with Gasteiger partial charge in [0.1, 0.15) is 0 Å². The van der Waals surface area contributed by atoms with Crippen molar-refractivity contribution in [1.82, 2.24) is 14.7 Å². The molecule has 4 nitrogen and oxygen atoms in total. The molecule has 1 fully saturated rings. The van der Waals surface area contributed by atoms with Gasteiger partial charge in [-0.2, -0.15) is 0 Å². The summed E-state index contributed by atoms with van der Waals surface area (Å²) in [5, 5.41) is 5.56. The van der Waals surface area contributed by atoms with Gasteiger partial charge in [0.05, 0.1) is 5.69 Å². The maximum Gasteiger partial charge on any atom is 0.195 e. The number of nitrogens with zero attached hydrogens (tertiary/aromatic N) is 3. The summed E-state index contributed by atoms with van der Waals surface area (Å²) in [4.78, 5) is 8.51. The van der Waals surface area contributed by atoms with E-state index in [0.717, 1.165) is 30.6 Å². The monoisotopic (exact) mass is 278 g/mol. The number of fused-ring (bicyclic) bond motifs is 1. The average Bonchev–Trinajstić information content (AvgIpc) is 3.05. The van der Waals surface area contributed by atoms with Gasteiger partial charge in [-0.3, -0.25) is 4.40 Å². The van der Waals surface area contributed by atoms with Crippen molar-refractivity contribution < 1.29 is 0 Å². The predicted octanol–water partition coefficient (Wildman–Crippen LogP) is 2.88. The van der Waals surface area contributed by atoms with Crippen LogP contribution in [0.25, 0.3) is 4.96 Å². The number of thiazole rings is 1.